The van der Waals surface area contributed by atoms with E-state index in [0.29, 0.717) is 46.9 Å². The molecule has 172 valence electrons. The summed E-state index contributed by atoms with van der Waals surface area (Å²) in [6.45, 7) is 2.19. The SMILES string of the molecule is COc1ccc(C2CCC2)c2c1[C@@H](C(=O)NS(=O)(=O)c1cccc3nc(C)ccc13)CCO2. The van der Waals surface area contributed by atoms with Gasteiger partial charge in [0.2, 0.25) is 5.91 Å². The molecule has 1 aliphatic heterocycles. The number of methoxy groups -OCH3 is 1. The normalized spacial score (nSPS) is 18.2. The van der Waals surface area contributed by atoms with Gasteiger partial charge in [-0.2, -0.15) is 0 Å². The number of amides is 1. The lowest BCUT2D eigenvalue weighted by Gasteiger charge is -2.33. The summed E-state index contributed by atoms with van der Waals surface area (Å²) >= 11 is 0. The summed E-state index contributed by atoms with van der Waals surface area (Å²) in [6, 6.07) is 12.2. The van der Waals surface area contributed by atoms with E-state index in [-0.39, 0.29) is 4.90 Å². The molecule has 0 spiro atoms. The average molecular weight is 467 g/mol. The number of pyridine rings is 1. The predicted molar refractivity (Wildman–Crippen MR) is 124 cm³/mol. The van der Waals surface area contributed by atoms with Crippen LogP contribution in [0.2, 0.25) is 0 Å². The van der Waals surface area contributed by atoms with Gasteiger partial charge in [-0.25, -0.2) is 13.1 Å². The van der Waals surface area contributed by atoms with Crippen molar-refractivity contribution >= 4 is 26.8 Å². The van der Waals surface area contributed by atoms with Crippen molar-refractivity contribution in [2.24, 2.45) is 0 Å². The van der Waals surface area contributed by atoms with Crippen LogP contribution in [-0.2, 0) is 14.8 Å². The maximum atomic E-state index is 13.4. The maximum absolute atomic E-state index is 13.4. The lowest BCUT2D eigenvalue weighted by atomic mass is 9.77. The van der Waals surface area contributed by atoms with E-state index < -0.39 is 21.8 Å². The Kier molecular flexibility index (Phi) is 5.48. The van der Waals surface area contributed by atoms with Crippen LogP contribution in [0.3, 0.4) is 0 Å². The van der Waals surface area contributed by atoms with Crippen LogP contribution in [0.15, 0.2) is 47.4 Å². The van der Waals surface area contributed by atoms with Gasteiger partial charge in [-0.05, 0) is 68.0 Å². The van der Waals surface area contributed by atoms with Crippen LogP contribution < -0.4 is 14.2 Å². The van der Waals surface area contributed by atoms with Crippen LogP contribution in [0.1, 0.15) is 54.3 Å². The number of aryl methyl sites for hydroxylation is 1. The zero-order valence-corrected chi connectivity index (χ0v) is 19.4. The molecule has 2 heterocycles. The smallest absolute Gasteiger partial charge is 0.264 e. The quantitative estimate of drug-likeness (QED) is 0.606. The Labute approximate surface area is 193 Å². The number of ether oxygens (including phenoxy) is 2. The van der Waals surface area contributed by atoms with E-state index in [2.05, 4.69) is 9.71 Å². The van der Waals surface area contributed by atoms with E-state index in [1.54, 1.807) is 31.4 Å². The van der Waals surface area contributed by atoms with Gasteiger partial charge in [0.15, 0.2) is 0 Å². The molecule has 1 atom stereocenters. The Morgan fingerprint density at radius 3 is 2.67 bits per heavy atom. The van der Waals surface area contributed by atoms with Crippen molar-refractivity contribution in [3.05, 3.63) is 59.3 Å². The third-order valence-corrected chi connectivity index (χ3v) is 8.03. The molecule has 1 fully saturated rings. The molecule has 1 aromatic heterocycles. The lowest BCUT2D eigenvalue weighted by molar-refractivity contribution is -0.121. The van der Waals surface area contributed by atoms with Crippen molar-refractivity contribution in [1.82, 2.24) is 9.71 Å². The number of rotatable bonds is 5. The second-order valence-electron chi connectivity index (χ2n) is 8.66. The number of carbonyl (C=O) groups is 1. The molecule has 1 saturated carbocycles. The fourth-order valence-electron chi connectivity index (χ4n) is 4.71. The first-order chi connectivity index (χ1) is 15.9. The van der Waals surface area contributed by atoms with Gasteiger partial charge in [-0.15, -0.1) is 0 Å². The monoisotopic (exact) mass is 466 g/mol. The minimum absolute atomic E-state index is 0.0308. The van der Waals surface area contributed by atoms with E-state index in [1.165, 1.54) is 12.5 Å². The van der Waals surface area contributed by atoms with Gasteiger partial charge >= 0.3 is 0 Å². The van der Waals surface area contributed by atoms with E-state index in [0.717, 1.165) is 24.1 Å². The molecule has 3 aromatic rings. The summed E-state index contributed by atoms with van der Waals surface area (Å²) in [5.41, 5.74) is 3.06. The van der Waals surface area contributed by atoms with E-state index in [1.807, 2.05) is 19.1 Å². The zero-order valence-electron chi connectivity index (χ0n) is 18.6. The number of fused-ring (bicyclic) bond motifs is 2. The number of nitrogens with one attached hydrogen (secondary N) is 1. The topological polar surface area (TPSA) is 94.6 Å². The van der Waals surface area contributed by atoms with Crippen LogP contribution in [-0.4, -0.2) is 33.0 Å². The van der Waals surface area contributed by atoms with Gasteiger partial charge in [0, 0.05) is 16.6 Å². The first kappa shape index (κ1) is 21.7. The molecule has 33 heavy (non-hydrogen) atoms. The van der Waals surface area contributed by atoms with Gasteiger partial charge in [0.1, 0.15) is 11.5 Å². The molecule has 5 rings (SSSR count). The first-order valence-corrected chi connectivity index (χ1v) is 12.6. The van der Waals surface area contributed by atoms with Crippen LogP contribution in [0.4, 0.5) is 0 Å². The lowest BCUT2D eigenvalue weighted by Crippen LogP contribution is -2.37. The molecule has 0 radical (unpaired) electrons. The summed E-state index contributed by atoms with van der Waals surface area (Å²) in [4.78, 5) is 17.8. The van der Waals surface area contributed by atoms with Gasteiger partial charge in [-0.1, -0.05) is 18.6 Å². The molecule has 8 heteroatoms. The molecule has 0 saturated heterocycles. The molecule has 0 unspecified atom stereocenters. The fourth-order valence-corrected chi connectivity index (χ4v) is 5.95. The highest BCUT2D eigenvalue weighted by molar-refractivity contribution is 7.90. The molecule has 1 aliphatic carbocycles. The second kappa shape index (κ2) is 8.33. The molecule has 2 aromatic carbocycles. The van der Waals surface area contributed by atoms with Gasteiger partial charge in [0.25, 0.3) is 10.0 Å². The van der Waals surface area contributed by atoms with E-state index >= 15 is 0 Å². The molecule has 7 nitrogen and oxygen atoms in total. The first-order valence-electron chi connectivity index (χ1n) is 11.2. The third kappa shape index (κ3) is 3.82. The molecular weight excluding hydrogens is 440 g/mol. The molecule has 1 amide bonds. The van der Waals surface area contributed by atoms with Crippen molar-refractivity contribution in [3.8, 4) is 11.5 Å². The highest BCUT2D eigenvalue weighted by Crippen LogP contribution is 2.49. The summed E-state index contributed by atoms with van der Waals surface area (Å²) in [6.07, 6.45) is 3.71. The van der Waals surface area contributed by atoms with E-state index in [9.17, 15) is 13.2 Å². The number of hydrogen-bond acceptors (Lipinski definition) is 6. The Hall–Kier alpha value is -3.13. The number of sulfonamides is 1. The predicted octanol–water partition coefficient (Wildman–Crippen LogP) is 4.19. The molecular formula is C25H26N2O5S. The van der Waals surface area contributed by atoms with Crippen molar-refractivity contribution < 1.29 is 22.7 Å². The minimum atomic E-state index is -4.11. The molecule has 0 bridgehead atoms. The van der Waals surface area contributed by atoms with Gasteiger partial charge in [-0.3, -0.25) is 9.78 Å². The number of benzene rings is 2. The van der Waals surface area contributed by atoms with Crippen molar-refractivity contribution in [1.29, 1.82) is 0 Å². The molecule has 2 aliphatic rings. The van der Waals surface area contributed by atoms with E-state index in [4.69, 9.17) is 9.47 Å². The van der Waals surface area contributed by atoms with Crippen LogP contribution >= 0.6 is 0 Å². The number of nitrogens with zero attached hydrogens (tertiary/aromatic N) is 1. The van der Waals surface area contributed by atoms with Crippen molar-refractivity contribution in [2.75, 3.05) is 13.7 Å². The van der Waals surface area contributed by atoms with Crippen LogP contribution in [0.25, 0.3) is 10.9 Å². The molecule has 1 N–H and O–H groups in total. The van der Waals surface area contributed by atoms with Gasteiger partial charge in [0.05, 0.1) is 30.0 Å². The standard InChI is InChI=1S/C25H26N2O5S/c1-15-9-10-18-20(26-15)7-4-8-22(18)33(29,30)27-25(28)19-13-14-32-24-17(16-5-3-6-16)11-12-21(31-2)23(19)24/h4,7-12,16,19H,3,5-6,13-14H2,1-2H3,(H,27,28)/t19-/m0/s1. The highest BCUT2D eigenvalue weighted by Gasteiger charge is 2.37. The Bertz CT molecular complexity index is 1350. The van der Waals surface area contributed by atoms with Crippen LogP contribution in [0, 0.1) is 6.92 Å². The number of aromatic nitrogens is 1. The average Bonchev–Trinajstić information content (AvgIpc) is 2.76. The Balaban J connectivity index is 1.51. The van der Waals surface area contributed by atoms with Crippen LogP contribution in [0.5, 0.6) is 11.5 Å². The number of hydrogen-bond donors (Lipinski definition) is 1. The zero-order chi connectivity index (χ0) is 23.2. The van der Waals surface area contributed by atoms with Crippen molar-refractivity contribution in [2.45, 2.75) is 49.3 Å². The summed E-state index contributed by atoms with van der Waals surface area (Å²) in [7, 11) is -2.57. The third-order valence-electron chi connectivity index (χ3n) is 6.62. The summed E-state index contributed by atoms with van der Waals surface area (Å²) < 4.78 is 40.4. The van der Waals surface area contributed by atoms with Crippen molar-refractivity contribution in [3.63, 3.8) is 0 Å². The highest BCUT2D eigenvalue weighted by atomic mass is 32.2. The van der Waals surface area contributed by atoms with Gasteiger partial charge < -0.3 is 9.47 Å². The summed E-state index contributed by atoms with van der Waals surface area (Å²) in [5.74, 6) is 0.346. The Morgan fingerprint density at radius 1 is 1.12 bits per heavy atom. The Morgan fingerprint density at radius 2 is 1.94 bits per heavy atom. The number of carbonyl (C=O) groups excluding carboxylic acids is 1. The summed E-state index contributed by atoms with van der Waals surface area (Å²) in [5, 5.41) is 0.473. The largest absolute Gasteiger partial charge is 0.496 e. The fraction of sp³-hybridized carbons (Fsp3) is 0.360. The minimum Gasteiger partial charge on any atom is -0.496 e. The maximum Gasteiger partial charge on any atom is 0.264 e. The second-order valence-corrected chi connectivity index (χ2v) is 10.3.